The standard InChI is InChI=1S/C20H23FN4O2/c1-13(19-24-16-6-3-4-7-17(16)25(19)2)23-20(26)15-12-14(21)8-9-18(15)27-11-5-10-22/h3-4,6-9,12-13H,5,10-11,22H2,1-2H3,(H,23,26)/t13-/m0/s1. The van der Waals surface area contributed by atoms with Crippen LogP contribution in [0.1, 0.15) is 35.6 Å². The number of aromatic nitrogens is 2. The third kappa shape index (κ3) is 4.09. The van der Waals surface area contributed by atoms with Gasteiger partial charge in [-0.2, -0.15) is 0 Å². The molecule has 1 aromatic heterocycles. The molecule has 3 N–H and O–H groups in total. The van der Waals surface area contributed by atoms with Crippen LogP contribution in [0.25, 0.3) is 11.0 Å². The topological polar surface area (TPSA) is 82.2 Å². The first-order valence-corrected chi connectivity index (χ1v) is 8.86. The molecular weight excluding hydrogens is 347 g/mol. The summed E-state index contributed by atoms with van der Waals surface area (Å²) < 4.78 is 21.2. The molecule has 1 heterocycles. The summed E-state index contributed by atoms with van der Waals surface area (Å²) in [6.07, 6.45) is 0.648. The predicted molar refractivity (Wildman–Crippen MR) is 102 cm³/mol. The molecule has 27 heavy (non-hydrogen) atoms. The van der Waals surface area contributed by atoms with Gasteiger partial charge < -0.3 is 20.4 Å². The maximum absolute atomic E-state index is 13.7. The Kier molecular flexibility index (Phi) is 5.71. The highest BCUT2D eigenvalue weighted by molar-refractivity contribution is 5.97. The molecule has 1 amide bonds. The molecule has 0 spiro atoms. The van der Waals surface area contributed by atoms with Gasteiger partial charge in [0.15, 0.2) is 0 Å². The third-order valence-corrected chi connectivity index (χ3v) is 4.35. The summed E-state index contributed by atoms with van der Waals surface area (Å²) in [5.74, 6) is 0.129. The number of para-hydroxylation sites is 2. The van der Waals surface area contributed by atoms with E-state index in [0.717, 1.165) is 11.0 Å². The lowest BCUT2D eigenvalue weighted by Gasteiger charge is -2.16. The van der Waals surface area contributed by atoms with E-state index in [1.54, 1.807) is 0 Å². The van der Waals surface area contributed by atoms with E-state index in [-0.39, 0.29) is 11.6 Å². The van der Waals surface area contributed by atoms with Crippen molar-refractivity contribution in [3.05, 3.63) is 59.7 Å². The van der Waals surface area contributed by atoms with E-state index in [9.17, 15) is 9.18 Å². The van der Waals surface area contributed by atoms with E-state index >= 15 is 0 Å². The van der Waals surface area contributed by atoms with Gasteiger partial charge in [0.1, 0.15) is 17.4 Å². The summed E-state index contributed by atoms with van der Waals surface area (Å²) in [6.45, 7) is 2.68. The van der Waals surface area contributed by atoms with Gasteiger partial charge in [0.05, 0.1) is 29.2 Å². The van der Waals surface area contributed by atoms with E-state index in [1.165, 1.54) is 18.2 Å². The first-order chi connectivity index (χ1) is 13.0. The average Bonchev–Trinajstić information content (AvgIpc) is 3.00. The molecule has 0 aliphatic carbocycles. The van der Waals surface area contributed by atoms with Crippen molar-refractivity contribution < 1.29 is 13.9 Å². The molecule has 6 nitrogen and oxygen atoms in total. The van der Waals surface area contributed by atoms with Gasteiger partial charge in [0.2, 0.25) is 0 Å². The number of fused-ring (bicyclic) bond motifs is 1. The number of nitrogens with zero attached hydrogens (tertiary/aromatic N) is 2. The number of nitrogens with two attached hydrogens (primary N) is 1. The Morgan fingerprint density at radius 3 is 2.85 bits per heavy atom. The van der Waals surface area contributed by atoms with E-state index in [2.05, 4.69) is 10.3 Å². The number of carbonyl (C=O) groups is 1. The highest BCUT2D eigenvalue weighted by atomic mass is 19.1. The first kappa shape index (κ1) is 18.8. The molecule has 142 valence electrons. The van der Waals surface area contributed by atoms with Gasteiger partial charge in [0, 0.05) is 7.05 Å². The van der Waals surface area contributed by atoms with Crippen LogP contribution in [-0.4, -0.2) is 28.6 Å². The zero-order valence-corrected chi connectivity index (χ0v) is 15.4. The molecule has 0 aliphatic heterocycles. The number of amides is 1. The molecule has 0 fully saturated rings. The van der Waals surface area contributed by atoms with Crippen molar-refractivity contribution >= 4 is 16.9 Å². The van der Waals surface area contributed by atoms with Gasteiger partial charge >= 0.3 is 0 Å². The Morgan fingerprint density at radius 2 is 2.11 bits per heavy atom. The molecule has 0 saturated heterocycles. The second-order valence-corrected chi connectivity index (χ2v) is 6.34. The maximum Gasteiger partial charge on any atom is 0.255 e. The van der Waals surface area contributed by atoms with Gasteiger partial charge in [-0.3, -0.25) is 4.79 Å². The lowest BCUT2D eigenvalue weighted by Crippen LogP contribution is -2.29. The Labute approximate surface area is 157 Å². The average molecular weight is 370 g/mol. The number of hydrogen-bond acceptors (Lipinski definition) is 4. The summed E-state index contributed by atoms with van der Waals surface area (Å²) in [4.78, 5) is 17.3. The minimum atomic E-state index is -0.498. The van der Waals surface area contributed by atoms with Crippen LogP contribution in [0.5, 0.6) is 5.75 Å². The lowest BCUT2D eigenvalue weighted by molar-refractivity contribution is 0.0933. The summed E-state index contributed by atoms with van der Waals surface area (Å²) in [7, 11) is 1.90. The molecule has 0 radical (unpaired) electrons. The molecule has 0 saturated carbocycles. The Morgan fingerprint density at radius 1 is 1.33 bits per heavy atom. The van der Waals surface area contributed by atoms with Gasteiger partial charge in [-0.05, 0) is 50.2 Å². The van der Waals surface area contributed by atoms with Crippen molar-refractivity contribution in [2.24, 2.45) is 12.8 Å². The van der Waals surface area contributed by atoms with Crippen LogP contribution >= 0.6 is 0 Å². The number of carbonyl (C=O) groups excluding carboxylic acids is 1. The van der Waals surface area contributed by atoms with Crippen LogP contribution < -0.4 is 15.8 Å². The normalized spacial score (nSPS) is 12.1. The summed E-state index contributed by atoms with van der Waals surface area (Å²) in [5, 5.41) is 2.88. The van der Waals surface area contributed by atoms with Crippen LogP contribution in [0.15, 0.2) is 42.5 Å². The zero-order valence-electron chi connectivity index (χ0n) is 15.4. The molecule has 0 bridgehead atoms. The van der Waals surface area contributed by atoms with Gasteiger partial charge in [-0.25, -0.2) is 9.37 Å². The molecule has 0 unspecified atom stereocenters. The van der Waals surface area contributed by atoms with Crippen molar-refractivity contribution in [2.45, 2.75) is 19.4 Å². The SMILES string of the molecule is C[C@H](NC(=O)c1cc(F)ccc1OCCCN)c1nc2ccccc2n1C. The molecule has 3 aromatic rings. The van der Waals surface area contributed by atoms with Crippen molar-refractivity contribution in [1.82, 2.24) is 14.9 Å². The molecular formula is C20H23FN4O2. The van der Waals surface area contributed by atoms with E-state index in [0.29, 0.717) is 31.1 Å². The minimum Gasteiger partial charge on any atom is -0.493 e. The Bertz CT molecular complexity index is 954. The molecule has 1 atom stereocenters. The van der Waals surface area contributed by atoms with Crippen LogP contribution in [-0.2, 0) is 7.05 Å². The van der Waals surface area contributed by atoms with Gasteiger partial charge in [-0.1, -0.05) is 12.1 Å². The summed E-state index contributed by atoms with van der Waals surface area (Å²) in [5.41, 5.74) is 7.44. The summed E-state index contributed by atoms with van der Waals surface area (Å²) in [6, 6.07) is 11.3. The number of aryl methyl sites for hydroxylation is 1. The monoisotopic (exact) mass is 370 g/mol. The second kappa shape index (κ2) is 8.18. The number of hydrogen-bond donors (Lipinski definition) is 2. The third-order valence-electron chi connectivity index (χ3n) is 4.35. The predicted octanol–water partition coefficient (Wildman–Crippen LogP) is 2.93. The lowest BCUT2D eigenvalue weighted by atomic mass is 10.1. The number of ether oxygens (including phenoxy) is 1. The van der Waals surface area contributed by atoms with E-state index in [4.69, 9.17) is 10.5 Å². The first-order valence-electron chi connectivity index (χ1n) is 8.86. The highest BCUT2D eigenvalue weighted by Gasteiger charge is 2.20. The van der Waals surface area contributed by atoms with Crippen LogP contribution in [0.2, 0.25) is 0 Å². The number of benzene rings is 2. The fraction of sp³-hybridized carbons (Fsp3) is 0.300. The van der Waals surface area contributed by atoms with Crippen LogP contribution in [0, 0.1) is 5.82 Å². The van der Waals surface area contributed by atoms with Crippen molar-refractivity contribution in [2.75, 3.05) is 13.2 Å². The van der Waals surface area contributed by atoms with E-state index < -0.39 is 11.7 Å². The van der Waals surface area contributed by atoms with Crippen molar-refractivity contribution in [3.8, 4) is 5.75 Å². The number of nitrogens with one attached hydrogen (secondary N) is 1. The number of imidazole rings is 1. The Hall–Kier alpha value is -2.93. The molecule has 7 heteroatoms. The number of rotatable bonds is 7. The summed E-state index contributed by atoms with van der Waals surface area (Å²) >= 11 is 0. The smallest absolute Gasteiger partial charge is 0.255 e. The quantitative estimate of drug-likeness (QED) is 0.627. The maximum atomic E-state index is 13.7. The number of halogens is 1. The Balaban J connectivity index is 1.81. The zero-order chi connectivity index (χ0) is 19.4. The molecule has 3 rings (SSSR count). The van der Waals surface area contributed by atoms with E-state index in [1.807, 2.05) is 42.8 Å². The van der Waals surface area contributed by atoms with Crippen LogP contribution in [0.4, 0.5) is 4.39 Å². The molecule has 2 aromatic carbocycles. The van der Waals surface area contributed by atoms with Crippen molar-refractivity contribution in [3.63, 3.8) is 0 Å². The fourth-order valence-electron chi connectivity index (χ4n) is 2.96. The van der Waals surface area contributed by atoms with Crippen molar-refractivity contribution in [1.29, 1.82) is 0 Å². The fourth-order valence-corrected chi connectivity index (χ4v) is 2.96. The van der Waals surface area contributed by atoms with Gasteiger partial charge in [-0.15, -0.1) is 0 Å². The van der Waals surface area contributed by atoms with Gasteiger partial charge in [0.25, 0.3) is 5.91 Å². The van der Waals surface area contributed by atoms with Crippen LogP contribution in [0.3, 0.4) is 0 Å². The highest BCUT2D eigenvalue weighted by Crippen LogP contribution is 2.23. The second-order valence-electron chi connectivity index (χ2n) is 6.34. The minimum absolute atomic E-state index is 0.151. The molecule has 0 aliphatic rings. The largest absolute Gasteiger partial charge is 0.493 e.